The Bertz CT molecular complexity index is 1420. The van der Waals surface area contributed by atoms with Gasteiger partial charge in [-0.15, -0.1) is 0 Å². The first-order valence-corrected chi connectivity index (χ1v) is 13.0. The van der Waals surface area contributed by atoms with E-state index in [1.165, 1.54) is 11.9 Å². The normalized spacial score (nSPS) is 18.3. The highest BCUT2D eigenvalue weighted by molar-refractivity contribution is 5.70. The molecule has 2 saturated heterocycles. The molecule has 3 heterocycles. The van der Waals surface area contributed by atoms with Gasteiger partial charge in [0.05, 0.1) is 24.2 Å². The predicted octanol–water partition coefficient (Wildman–Crippen LogP) is 2.87. The van der Waals surface area contributed by atoms with Gasteiger partial charge in [0.15, 0.2) is 0 Å². The number of aromatic hydroxyl groups is 1. The van der Waals surface area contributed by atoms with E-state index in [-0.39, 0.29) is 30.2 Å². The zero-order valence-electron chi connectivity index (χ0n) is 22.1. The van der Waals surface area contributed by atoms with Crippen LogP contribution in [0.2, 0.25) is 0 Å². The first-order valence-electron chi connectivity index (χ1n) is 13.0. The van der Waals surface area contributed by atoms with Crippen LogP contribution in [0.15, 0.2) is 59.7 Å². The van der Waals surface area contributed by atoms with Crippen LogP contribution in [-0.4, -0.2) is 76.5 Å². The number of aromatic amines is 1. The summed E-state index contributed by atoms with van der Waals surface area (Å²) in [6, 6.07) is 16.1. The molecule has 0 spiro atoms. The number of H-pyrrole nitrogens is 1. The van der Waals surface area contributed by atoms with Crippen LogP contribution in [0.25, 0.3) is 0 Å². The Kier molecular flexibility index (Phi) is 7.96. The second-order valence-electron chi connectivity index (χ2n) is 10.1. The highest BCUT2D eigenvalue weighted by Crippen LogP contribution is 2.27. The van der Waals surface area contributed by atoms with Gasteiger partial charge in [-0.1, -0.05) is 36.1 Å². The SMILES string of the molecule is COC1CN(Cc2ccc(C#Cc3ccc(C(Cc4nc[nH]c(=O)c4O)CN4C(=O)OCC4C)cc3)cc2)C1. The van der Waals surface area contributed by atoms with Crippen molar-refractivity contribution in [3.63, 3.8) is 0 Å². The van der Waals surface area contributed by atoms with Gasteiger partial charge >= 0.3 is 6.09 Å². The molecule has 2 aromatic carbocycles. The van der Waals surface area contributed by atoms with Crippen molar-refractivity contribution in [1.29, 1.82) is 0 Å². The molecule has 5 rings (SSSR count). The van der Waals surface area contributed by atoms with E-state index >= 15 is 0 Å². The number of cyclic esters (lactones) is 1. The molecule has 0 aliphatic carbocycles. The van der Waals surface area contributed by atoms with E-state index < -0.39 is 11.3 Å². The zero-order chi connectivity index (χ0) is 27.4. The average molecular weight is 529 g/mol. The smallest absolute Gasteiger partial charge is 0.410 e. The van der Waals surface area contributed by atoms with Gasteiger partial charge in [-0.25, -0.2) is 9.78 Å². The molecule has 1 amide bonds. The maximum absolute atomic E-state index is 12.3. The highest BCUT2D eigenvalue weighted by Gasteiger charge is 2.32. The molecule has 2 aliphatic rings. The number of ether oxygens (including phenoxy) is 2. The summed E-state index contributed by atoms with van der Waals surface area (Å²) in [5.41, 5.74) is 3.69. The van der Waals surface area contributed by atoms with Gasteiger partial charge in [0.1, 0.15) is 6.61 Å². The Morgan fingerprint density at radius 3 is 2.38 bits per heavy atom. The third kappa shape index (κ3) is 6.30. The maximum Gasteiger partial charge on any atom is 0.410 e. The number of likely N-dealkylation sites (tertiary alicyclic amines) is 1. The maximum atomic E-state index is 12.3. The van der Waals surface area contributed by atoms with Gasteiger partial charge in [-0.2, -0.15) is 0 Å². The quantitative estimate of drug-likeness (QED) is 0.433. The predicted molar refractivity (Wildman–Crippen MR) is 145 cm³/mol. The summed E-state index contributed by atoms with van der Waals surface area (Å²) < 4.78 is 10.5. The van der Waals surface area contributed by atoms with E-state index in [1.54, 1.807) is 12.0 Å². The molecule has 202 valence electrons. The minimum atomic E-state index is -0.591. The van der Waals surface area contributed by atoms with Crippen molar-refractivity contribution >= 4 is 6.09 Å². The molecule has 9 nitrogen and oxygen atoms in total. The Balaban J connectivity index is 1.28. The fourth-order valence-corrected chi connectivity index (χ4v) is 4.87. The number of methoxy groups -OCH3 is 1. The lowest BCUT2D eigenvalue weighted by molar-refractivity contribution is -0.0333. The molecule has 2 atom stereocenters. The largest absolute Gasteiger partial charge is 0.502 e. The van der Waals surface area contributed by atoms with Crippen LogP contribution in [0.4, 0.5) is 4.79 Å². The molecule has 2 aliphatic heterocycles. The Labute approximate surface area is 227 Å². The zero-order valence-corrected chi connectivity index (χ0v) is 22.1. The summed E-state index contributed by atoms with van der Waals surface area (Å²) in [6.45, 7) is 5.48. The molecule has 0 saturated carbocycles. The Morgan fingerprint density at radius 2 is 1.77 bits per heavy atom. The Hall–Kier alpha value is -4.13. The molecule has 9 heteroatoms. The van der Waals surface area contributed by atoms with Gasteiger partial charge in [-0.3, -0.25) is 9.69 Å². The number of aromatic nitrogens is 2. The molecule has 2 N–H and O–H groups in total. The number of carbonyl (C=O) groups is 1. The molecule has 1 aromatic heterocycles. The summed E-state index contributed by atoms with van der Waals surface area (Å²) in [7, 11) is 1.76. The minimum Gasteiger partial charge on any atom is -0.502 e. The minimum absolute atomic E-state index is 0.0644. The first-order chi connectivity index (χ1) is 18.9. The van der Waals surface area contributed by atoms with Crippen LogP contribution in [0.5, 0.6) is 5.75 Å². The number of amides is 1. The molecule has 0 radical (unpaired) electrons. The highest BCUT2D eigenvalue weighted by atomic mass is 16.6. The molecular weight excluding hydrogens is 496 g/mol. The molecule has 0 bridgehead atoms. The van der Waals surface area contributed by atoms with Crippen molar-refractivity contribution in [3.05, 3.63) is 93.2 Å². The van der Waals surface area contributed by atoms with Crippen molar-refractivity contribution < 1.29 is 19.4 Å². The van der Waals surface area contributed by atoms with Crippen molar-refractivity contribution in [3.8, 4) is 17.6 Å². The van der Waals surface area contributed by atoms with Crippen LogP contribution in [0.3, 0.4) is 0 Å². The van der Waals surface area contributed by atoms with Gasteiger partial charge in [-0.05, 0) is 42.3 Å². The monoisotopic (exact) mass is 528 g/mol. The standard InChI is InChI=1S/C30H32N4O5/c1-20-18-39-30(37)34(20)15-25(13-27-28(35)29(36)32-19-31-27)24-11-9-22(10-12-24)4-3-21-5-7-23(8-6-21)14-33-16-26(17-33)38-2/h5-12,19-20,25-26,35H,13-18H2,1-2H3,(H,31,32,36). The summed E-state index contributed by atoms with van der Waals surface area (Å²) in [5.74, 6) is 5.83. The second kappa shape index (κ2) is 11.7. The van der Waals surface area contributed by atoms with E-state index in [9.17, 15) is 14.7 Å². The van der Waals surface area contributed by atoms with Crippen molar-refractivity contribution in [1.82, 2.24) is 19.8 Å². The van der Waals surface area contributed by atoms with E-state index in [1.807, 2.05) is 43.3 Å². The molecule has 39 heavy (non-hydrogen) atoms. The van der Waals surface area contributed by atoms with E-state index in [4.69, 9.17) is 9.47 Å². The lowest BCUT2D eigenvalue weighted by Crippen LogP contribution is -2.50. The number of nitrogens with one attached hydrogen (secondary N) is 1. The third-order valence-corrected chi connectivity index (χ3v) is 7.33. The number of hydrogen-bond acceptors (Lipinski definition) is 7. The third-order valence-electron chi connectivity index (χ3n) is 7.33. The number of carbonyl (C=O) groups excluding carboxylic acids is 1. The molecule has 3 aromatic rings. The number of hydrogen-bond donors (Lipinski definition) is 2. The van der Waals surface area contributed by atoms with Gasteiger partial charge < -0.3 is 24.5 Å². The number of rotatable bonds is 8. The summed E-state index contributed by atoms with van der Waals surface area (Å²) >= 11 is 0. The van der Waals surface area contributed by atoms with E-state index in [0.717, 1.165) is 36.3 Å². The molecule has 2 fully saturated rings. The fraction of sp³-hybridized carbons (Fsp3) is 0.367. The summed E-state index contributed by atoms with van der Waals surface area (Å²) in [4.78, 5) is 34.7. The van der Waals surface area contributed by atoms with Crippen LogP contribution in [0, 0.1) is 11.8 Å². The van der Waals surface area contributed by atoms with E-state index in [0.29, 0.717) is 19.3 Å². The van der Waals surface area contributed by atoms with Crippen molar-refractivity contribution in [2.45, 2.75) is 38.0 Å². The van der Waals surface area contributed by atoms with Crippen LogP contribution >= 0.6 is 0 Å². The van der Waals surface area contributed by atoms with Gasteiger partial charge in [0.25, 0.3) is 5.56 Å². The lowest BCUT2D eigenvalue weighted by atomic mass is 9.92. The second-order valence-corrected chi connectivity index (χ2v) is 10.1. The summed E-state index contributed by atoms with van der Waals surface area (Å²) in [6.07, 6.45) is 1.54. The Morgan fingerprint density at radius 1 is 1.10 bits per heavy atom. The lowest BCUT2D eigenvalue weighted by Gasteiger charge is -2.38. The van der Waals surface area contributed by atoms with Crippen LogP contribution in [0.1, 0.15) is 40.8 Å². The van der Waals surface area contributed by atoms with E-state index in [2.05, 4.69) is 38.8 Å². The van der Waals surface area contributed by atoms with Gasteiger partial charge in [0.2, 0.25) is 5.75 Å². The number of nitrogens with zero attached hydrogens (tertiary/aromatic N) is 3. The summed E-state index contributed by atoms with van der Waals surface area (Å²) in [5, 5.41) is 10.2. The number of benzene rings is 2. The van der Waals surface area contributed by atoms with Crippen molar-refractivity contribution in [2.75, 3.05) is 33.4 Å². The van der Waals surface area contributed by atoms with Crippen LogP contribution < -0.4 is 5.56 Å². The molecular formula is C30H32N4O5. The topological polar surface area (TPSA) is 108 Å². The molecule has 2 unspecified atom stereocenters. The first kappa shape index (κ1) is 26.5. The van der Waals surface area contributed by atoms with Crippen LogP contribution in [-0.2, 0) is 22.4 Å². The fourth-order valence-electron chi connectivity index (χ4n) is 4.87. The van der Waals surface area contributed by atoms with Gasteiger partial charge in [0, 0.05) is 56.8 Å². The average Bonchev–Trinajstić information content (AvgIpc) is 3.24. The van der Waals surface area contributed by atoms with Crippen molar-refractivity contribution in [2.24, 2.45) is 0 Å².